The van der Waals surface area contributed by atoms with Crippen LogP contribution in [0.1, 0.15) is 119 Å². The van der Waals surface area contributed by atoms with Crippen LogP contribution in [0, 0.1) is 138 Å². The van der Waals surface area contributed by atoms with Crippen LogP contribution < -0.4 is 0 Å². The summed E-state index contributed by atoms with van der Waals surface area (Å²) in [5.41, 5.74) is 40.9. The largest absolute Gasteiger partial charge is 0.0776 e. The van der Waals surface area contributed by atoms with Gasteiger partial charge in [0.05, 0.1) is 0 Å². The lowest BCUT2D eigenvalue weighted by Gasteiger charge is -2.26. The van der Waals surface area contributed by atoms with Gasteiger partial charge in [-0.05, 0) is 361 Å². The zero-order valence-electron chi connectivity index (χ0n) is 47.1. The van der Waals surface area contributed by atoms with Gasteiger partial charge in [-0.15, -0.1) is 0 Å². The van der Waals surface area contributed by atoms with Gasteiger partial charge in [-0.1, -0.05) is 80.2 Å². The predicted molar refractivity (Wildman–Crippen MR) is 325 cm³/mol. The molecule has 0 N–H and O–H groups in total. The standard InChI is InChI=1S/C72H74.CH4/c1-35-39(5)47(13)65(48(14)40(35)6)69-57-25-21-23-27-59(57)71(67-51(17)43(9)37(3)44(10)52(67)18)63-33-55(29-31-61(63)69)56-30-32-62-64(34-56)72(68-53(19)45(11)38(4)46(12)54(68)20)60-28-24-22-26-58(60)70(62)66-49(15)41(7)36(2)42(8)50(66)16;/h21-34H,1-20H3;1H4. The minimum atomic E-state index is 0. The van der Waals surface area contributed by atoms with E-state index in [2.05, 4.69) is 223 Å². The second-order valence-electron chi connectivity index (χ2n) is 22.1. The molecule has 10 rings (SSSR count). The molecule has 0 aliphatic rings. The van der Waals surface area contributed by atoms with E-state index in [4.69, 9.17) is 0 Å². The first kappa shape index (κ1) is 51.2. The minimum Gasteiger partial charge on any atom is -0.0776 e. The number of hydrogen-bond acceptors (Lipinski definition) is 0. The quantitative estimate of drug-likeness (QED) is 0.151. The highest BCUT2D eigenvalue weighted by molar-refractivity contribution is 6.25. The Morgan fingerprint density at radius 3 is 0.534 bits per heavy atom. The molecule has 0 unspecified atom stereocenters. The minimum absolute atomic E-state index is 0. The Morgan fingerprint density at radius 2 is 0.329 bits per heavy atom. The molecule has 0 saturated heterocycles. The number of benzene rings is 10. The maximum Gasteiger partial charge on any atom is -0.00206 e. The van der Waals surface area contributed by atoms with Crippen LogP contribution in [0.15, 0.2) is 84.9 Å². The zero-order valence-corrected chi connectivity index (χ0v) is 47.1. The highest BCUT2D eigenvalue weighted by atomic mass is 14.3. The average Bonchev–Trinajstić information content (AvgIpc) is 3.39. The molecule has 0 aliphatic carbocycles. The van der Waals surface area contributed by atoms with Crippen LogP contribution in [-0.4, -0.2) is 0 Å². The molecule has 0 fully saturated rings. The van der Waals surface area contributed by atoms with Crippen LogP contribution >= 0.6 is 0 Å². The van der Waals surface area contributed by atoms with Crippen molar-refractivity contribution in [3.8, 4) is 55.6 Å². The third-order valence-electron chi connectivity index (χ3n) is 19.4. The van der Waals surface area contributed by atoms with E-state index in [1.807, 2.05) is 0 Å². The van der Waals surface area contributed by atoms with Gasteiger partial charge >= 0.3 is 0 Å². The summed E-state index contributed by atoms with van der Waals surface area (Å²) < 4.78 is 0. The molecule has 0 amide bonds. The Kier molecular flexibility index (Phi) is 12.8. The van der Waals surface area contributed by atoms with Crippen molar-refractivity contribution in [1.82, 2.24) is 0 Å². The fraction of sp³-hybridized carbons (Fsp3) is 0.288. The molecular weight excluding hydrogens is 877 g/mol. The molecule has 10 aromatic carbocycles. The van der Waals surface area contributed by atoms with E-state index in [9.17, 15) is 0 Å². The second kappa shape index (κ2) is 18.3. The molecule has 0 nitrogen and oxygen atoms in total. The Labute approximate surface area is 438 Å². The molecular formula is C73H78. The van der Waals surface area contributed by atoms with Gasteiger partial charge in [-0.25, -0.2) is 0 Å². The summed E-state index contributed by atoms with van der Waals surface area (Å²) in [5, 5.41) is 10.5. The lowest BCUT2D eigenvalue weighted by molar-refractivity contribution is 1.18. The van der Waals surface area contributed by atoms with Crippen molar-refractivity contribution in [2.75, 3.05) is 0 Å². The maximum absolute atomic E-state index is 2.56. The maximum atomic E-state index is 2.56. The number of fused-ring (bicyclic) bond motifs is 4. The fourth-order valence-corrected chi connectivity index (χ4v) is 13.3. The summed E-state index contributed by atoms with van der Waals surface area (Å²) in [5.74, 6) is 0. The van der Waals surface area contributed by atoms with Crippen molar-refractivity contribution >= 4 is 43.1 Å². The number of hydrogen-bond donors (Lipinski definition) is 0. The monoisotopic (exact) mass is 955 g/mol. The zero-order chi connectivity index (χ0) is 51.8. The van der Waals surface area contributed by atoms with E-state index in [-0.39, 0.29) is 7.43 Å². The Hall–Kier alpha value is -6.76. The van der Waals surface area contributed by atoms with Crippen molar-refractivity contribution in [1.29, 1.82) is 0 Å². The molecule has 73 heavy (non-hydrogen) atoms. The predicted octanol–water partition coefficient (Wildman–Crippen LogP) is 21.4. The first-order valence-corrected chi connectivity index (χ1v) is 26.4. The fourth-order valence-electron chi connectivity index (χ4n) is 13.3. The summed E-state index contributed by atoms with van der Waals surface area (Å²) in [7, 11) is 0. The summed E-state index contributed by atoms with van der Waals surface area (Å²) in [6.07, 6.45) is 0. The summed E-state index contributed by atoms with van der Waals surface area (Å²) in [4.78, 5) is 0. The van der Waals surface area contributed by atoms with Gasteiger partial charge in [-0.2, -0.15) is 0 Å². The molecule has 0 aromatic heterocycles. The third-order valence-corrected chi connectivity index (χ3v) is 19.4. The van der Waals surface area contributed by atoms with E-state index in [1.165, 1.54) is 210 Å². The van der Waals surface area contributed by atoms with E-state index in [1.54, 1.807) is 0 Å². The Morgan fingerprint density at radius 1 is 0.164 bits per heavy atom. The summed E-state index contributed by atoms with van der Waals surface area (Å²) >= 11 is 0. The van der Waals surface area contributed by atoms with Crippen LogP contribution in [0.5, 0.6) is 0 Å². The first-order chi connectivity index (χ1) is 34.1. The van der Waals surface area contributed by atoms with Crippen LogP contribution in [-0.2, 0) is 0 Å². The van der Waals surface area contributed by atoms with E-state index in [0.29, 0.717) is 0 Å². The van der Waals surface area contributed by atoms with Crippen molar-refractivity contribution < 1.29 is 0 Å². The molecule has 0 aliphatic heterocycles. The van der Waals surface area contributed by atoms with Crippen LogP contribution in [0.3, 0.4) is 0 Å². The second-order valence-corrected chi connectivity index (χ2v) is 22.1. The molecule has 0 spiro atoms. The lowest BCUT2D eigenvalue weighted by Crippen LogP contribution is -2.03. The third kappa shape index (κ3) is 7.29. The van der Waals surface area contributed by atoms with E-state index >= 15 is 0 Å². The molecule has 0 heteroatoms. The normalized spacial score (nSPS) is 11.7. The van der Waals surface area contributed by atoms with E-state index < -0.39 is 0 Å². The Bertz CT molecular complexity index is 3660. The lowest BCUT2D eigenvalue weighted by atomic mass is 9.77. The van der Waals surface area contributed by atoms with Crippen LogP contribution in [0.25, 0.3) is 98.7 Å². The van der Waals surface area contributed by atoms with Gasteiger partial charge in [0, 0.05) is 0 Å². The smallest absolute Gasteiger partial charge is 0.00206 e. The molecule has 0 atom stereocenters. The highest BCUT2D eigenvalue weighted by Crippen LogP contribution is 2.52. The number of rotatable bonds is 5. The highest BCUT2D eigenvalue weighted by Gasteiger charge is 2.27. The van der Waals surface area contributed by atoms with Crippen LogP contribution in [0.4, 0.5) is 0 Å². The van der Waals surface area contributed by atoms with E-state index in [0.717, 1.165) is 0 Å². The molecule has 10 aromatic rings. The van der Waals surface area contributed by atoms with Gasteiger partial charge in [-0.3, -0.25) is 0 Å². The summed E-state index contributed by atoms with van der Waals surface area (Å²) in [6, 6.07) is 33.5. The van der Waals surface area contributed by atoms with Gasteiger partial charge in [0.15, 0.2) is 0 Å². The molecule has 0 radical (unpaired) electrons. The van der Waals surface area contributed by atoms with Gasteiger partial charge in [0.1, 0.15) is 0 Å². The van der Waals surface area contributed by atoms with Crippen molar-refractivity contribution in [2.45, 2.75) is 146 Å². The van der Waals surface area contributed by atoms with Gasteiger partial charge in [0.25, 0.3) is 0 Å². The summed E-state index contributed by atoms with van der Waals surface area (Å²) in [6.45, 7) is 46.6. The Balaban J connectivity index is 0.00000656. The van der Waals surface area contributed by atoms with Crippen molar-refractivity contribution in [2.24, 2.45) is 0 Å². The van der Waals surface area contributed by atoms with Crippen LogP contribution in [0.2, 0.25) is 0 Å². The average molecular weight is 955 g/mol. The topological polar surface area (TPSA) is 0 Å². The van der Waals surface area contributed by atoms with Crippen molar-refractivity contribution in [3.05, 3.63) is 196 Å². The van der Waals surface area contributed by atoms with Crippen molar-refractivity contribution in [3.63, 3.8) is 0 Å². The molecule has 370 valence electrons. The van der Waals surface area contributed by atoms with Gasteiger partial charge < -0.3 is 0 Å². The van der Waals surface area contributed by atoms with Gasteiger partial charge in [0.2, 0.25) is 0 Å². The molecule has 0 saturated carbocycles. The molecule has 0 bridgehead atoms. The first-order valence-electron chi connectivity index (χ1n) is 26.4. The SMILES string of the molecule is C.Cc1c(C)c(C)c(-c2c3ccccc3c(-c3c(C)c(C)c(C)c(C)c3C)c3cc(-c4ccc5c(-c6c(C)c(C)c(C)c(C)c6C)c6ccccc6c(-c6c(C)c(C)c(C)c(C)c6C)c5c4)ccc23)c(C)c1C. The molecule has 0 heterocycles.